The molecule has 2 nitrogen and oxygen atoms in total. The van der Waals surface area contributed by atoms with Crippen LogP contribution in [0, 0.1) is 5.41 Å². The van der Waals surface area contributed by atoms with Crippen molar-refractivity contribution >= 4 is 17.3 Å². The Morgan fingerprint density at radius 2 is 2.06 bits per heavy atom. The molecule has 0 aromatic heterocycles. The Kier molecular flexibility index (Phi) is 4.23. The van der Waals surface area contributed by atoms with Crippen molar-refractivity contribution in [1.82, 2.24) is 10.6 Å². The fourth-order valence-corrected chi connectivity index (χ4v) is 2.81. The summed E-state index contributed by atoms with van der Waals surface area (Å²) in [6, 6.07) is 10.9. The Balaban J connectivity index is 1.73. The van der Waals surface area contributed by atoms with E-state index in [1.54, 1.807) is 0 Å². The van der Waals surface area contributed by atoms with E-state index in [2.05, 4.69) is 36.6 Å². The molecule has 1 atom stereocenters. The van der Waals surface area contributed by atoms with E-state index in [0.29, 0.717) is 11.5 Å². The molecule has 1 unspecified atom stereocenters. The van der Waals surface area contributed by atoms with Crippen LogP contribution in [0.25, 0.3) is 0 Å². The number of benzene rings is 1. The molecule has 2 rings (SSSR count). The number of hydrogen-bond donors (Lipinski definition) is 2. The van der Waals surface area contributed by atoms with Crippen molar-refractivity contribution in [3.05, 3.63) is 35.9 Å². The van der Waals surface area contributed by atoms with Gasteiger partial charge in [0, 0.05) is 12.6 Å². The third-order valence-corrected chi connectivity index (χ3v) is 3.86. The second-order valence-electron chi connectivity index (χ2n) is 5.92. The summed E-state index contributed by atoms with van der Waals surface area (Å²) in [5, 5.41) is 7.48. The Hall–Kier alpha value is -1.09. The molecule has 1 aliphatic carbocycles. The molecule has 1 aromatic carbocycles. The minimum Gasteiger partial charge on any atom is -0.360 e. The van der Waals surface area contributed by atoms with Crippen LogP contribution in [0.4, 0.5) is 0 Å². The smallest absolute Gasteiger partial charge is 0.166 e. The van der Waals surface area contributed by atoms with E-state index < -0.39 is 0 Å². The van der Waals surface area contributed by atoms with E-state index in [9.17, 15) is 0 Å². The molecule has 1 aliphatic rings. The van der Waals surface area contributed by atoms with Gasteiger partial charge in [-0.1, -0.05) is 44.2 Å². The van der Waals surface area contributed by atoms with Crippen LogP contribution in [0.5, 0.6) is 0 Å². The molecule has 18 heavy (non-hydrogen) atoms. The number of hydrogen-bond acceptors (Lipinski definition) is 1. The standard InChI is InChI=1S/C15H22N2S/c1-15(2)9-8-13(10-15)17-14(18)16-11-12-6-4-3-5-7-12/h3-7,13H,8-11H2,1-2H3,(H2,16,17,18). The topological polar surface area (TPSA) is 24.1 Å². The summed E-state index contributed by atoms with van der Waals surface area (Å²) in [6.07, 6.45) is 3.71. The molecular weight excluding hydrogens is 240 g/mol. The lowest BCUT2D eigenvalue weighted by Gasteiger charge is -2.19. The first-order chi connectivity index (χ1) is 8.55. The summed E-state index contributed by atoms with van der Waals surface area (Å²) >= 11 is 5.34. The lowest BCUT2D eigenvalue weighted by Crippen LogP contribution is -2.40. The SMILES string of the molecule is CC1(C)CCC(NC(=S)NCc2ccccc2)C1. The van der Waals surface area contributed by atoms with Crippen molar-refractivity contribution in [2.75, 3.05) is 0 Å². The summed E-state index contributed by atoms with van der Waals surface area (Å²) in [4.78, 5) is 0. The van der Waals surface area contributed by atoms with Crippen molar-refractivity contribution in [2.45, 2.75) is 45.7 Å². The zero-order valence-corrected chi connectivity index (χ0v) is 12.0. The molecule has 98 valence electrons. The molecular formula is C15H22N2S. The van der Waals surface area contributed by atoms with Crippen LogP contribution in [0.15, 0.2) is 30.3 Å². The van der Waals surface area contributed by atoms with E-state index in [4.69, 9.17) is 12.2 Å². The van der Waals surface area contributed by atoms with Crippen molar-refractivity contribution < 1.29 is 0 Å². The average molecular weight is 262 g/mol. The van der Waals surface area contributed by atoms with Gasteiger partial charge in [-0.25, -0.2) is 0 Å². The maximum absolute atomic E-state index is 5.34. The van der Waals surface area contributed by atoms with Crippen molar-refractivity contribution in [3.63, 3.8) is 0 Å². The molecule has 0 aliphatic heterocycles. The molecule has 0 bridgehead atoms. The van der Waals surface area contributed by atoms with Gasteiger partial charge in [-0.15, -0.1) is 0 Å². The van der Waals surface area contributed by atoms with Gasteiger partial charge in [0.2, 0.25) is 0 Å². The minimum atomic E-state index is 0.465. The summed E-state index contributed by atoms with van der Waals surface area (Å²) in [5.41, 5.74) is 1.72. The summed E-state index contributed by atoms with van der Waals surface area (Å²) in [6.45, 7) is 5.45. The Bertz CT molecular complexity index is 400. The third-order valence-electron chi connectivity index (χ3n) is 3.60. The highest BCUT2D eigenvalue weighted by Crippen LogP contribution is 2.36. The highest BCUT2D eigenvalue weighted by atomic mass is 32.1. The number of rotatable bonds is 3. The first-order valence-electron chi connectivity index (χ1n) is 6.63. The molecule has 0 heterocycles. The highest BCUT2D eigenvalue weighted by molar-refractivity contribution is 7.80. The van der Waals surface area contributed by atoms with E-state index in [1.165, 1.54) is 24.8 Å². The van der Waals surface area contributed by atoms with Gasteiger partial charge in [0.1, 0.15) is 0 Å². The van der Waals surface area contributed by atoms with Gasteiger partial charge in [0.15, 0.2) is 5.11 Å². The normalized spacial score (nSPS) is 21.6. The Labute approximate surface area is 115 Å². The molecule has 1 saturated carbocycles. The minimum absolute atomic E-state index is 0.465. The first-order valence-corrected chi connectivity index (χ1v) is 7.04. The van der Waals surface area contributed by atoms with Crippen LogP contribution in [0.2, 0.25) is 0 Å². The number of nitrogens with one attached hydrogen (secondary N) is 2. The maximum atomic E-state index is 5.34. The maximum Gasteiger partial charge on any atom is 0.166 e. The van der Waals surface area contributed by atoms with Gasteiger partial charge in [-0.05, 0) is 42.5 Å². The molecule has 1 fully saturated rings. The molecule has 0 amide bonds. The van der Waals surface area contributed by atoms with Crippen LogP contribution in [-0.4, -0.2) is 11.2 Å². The van der Waals surface area contributed by atoms with E-state index in [0.717, 1.165) is 11.7 Å². The lowest BCUT2D eigenvalue weighted by atomic mass is 9.92. The molecule has 0 saturated heterocycles. The fourth-order valence-electron chi connectivity index (χ4n) is 2.57. The van der Waals surface area contributed by atoms with Gasteiger partial charge in [0.05, 0.1) is 0 Å². The Morgan fingerprint density at radius 1 is 1.33 bits per heavy atom. The van der Waals surface area contributed by atoms with Gasteiger partial charge in [0.25, 0.3) is 0 Å². The van der Waals surface area contributed by atoms with Crippen LogP contribution in [0.3, 0.4) is 0 Å². The quantitative estimate of drug-likeness (QED) is 0.818. The largest absolute Gasteiger partial charge is 0.360 e. The predicted octanol–water partition coefficient (Wildman–Crippen LogP) is 3.23. The van der Waals surface area contributed by atoms with Crippen molar-refractivity contribution in [3.8, 4) is 0 Å². The third kappa shape index (κ3) is 3.98. The van der Waals surface area contributed by atoms with E-state index in [1.807, 2.05) is 18.2 Å². The first kappa shape index (κ1) is 13.3. The van der Waals surface area contributed by atoms with Gasteiger partial charge < -0.3 is 10.6 Å². The lowest BCUT2D eigenvalue weighted by molar-refractivity contribution is 0.372. The molecule has 0 radical (unpaired) electrons. The van der Waals surface area contributed by atoms with Gasteiger partial charge >= 0.3 is 0 Å². The fraction of sp³-hybridized carbons (Fsp3) is 0.533. The van der Waals surface area contributed by atoms with Crippen LogP contribution < -0.4 is 10.6 Å². The predicted molar refractivity (Wildman–Crippen MR) is 80.4 cm³/mol. The number of thiocarbonyl (C=S) groups is 1. The highest BCUT2D eigenvalue weighted by Gasteiger charge is 2.30. The van der Waals surface area contributed by atoms with E-state index in [-0.39, 0.29) is 0 Å². The van der Waals surface area contributed by atoms with Crippen molar-refractivity contribution in [1.29, 1.82) is 0 Å². The summed E-state index contributed by atoms with van der Waals surface area (Å²) < 4.78 is 0. The van der Waals surface area contributed by atoms with Gasteiger partial charge in [-0.2, -0.15) is 0 Å². The summed E-state index contributed by atoms with van der Waals surface area (Å²) in [5.74, 6) is 0. The second-order valence-corrected chi connectivity index (χ2v) is 6.32. The average Bonchev–Trinajstić information content (AvgIpc) is 2.67. The zero-order valence-electron chi connectivity index (χ0n) is 11.2. The molecule has 2 N–H and O–H groups in total. The monoisotopic (exact) mass is 262 g/mol. The van der Waals surface area contributed by atoms with E-state index >= 15 is 0 Å². The molecule has 3 heteroatoms. The molecule has 0 spiro atoms. The summed E-state index contributed by atoms with van der Waals surface area (Å²) in [7, 11) is 0. The van der Waals surface area contributed by atoms with Crippen LogP contribution >= 0.6 is 12.2 Å². The van der Waals surface area contributed by atoms with Gasteiger partial charge in [-0.3, -0.25) is 0 Å². The molecule has 1 aromatic rings. The Morgan fingerprint density at radius 3 is 2.67 bits per heavy atom. The van der Waals surface area contributed by atoms with Crippen LogP contribution in [0.1, 0.15) is 38.7 Å². The zero-order chi connectivity index (χ0) is 13.0. The second kappa shape index (κ2) is 5.70. The van der Waals surface area contributed by atoms with Crippen LogP contribution in [-0.2, 0) is 6.54 Å². The van der Waals surface area contributed by atoms with Crippen molar-refractivity contribution in [2.24, 2.45) is 5.41 Å².